The molecule has 1 aromatic carbocycles. The van der Waals surface area contributed by atoms with Gasteiger partial charge in [-0.2, -0.15) is 0 Å². The molecule has 0 aliphatic rings. The van der Waals surface area contributed by atoms with Gasteiger partial charge in [0.1, 0.15) is 0 Å². The lowest BCUT2D eigenvalue weighted by Crippen LogP contribution is -2.09. The molecule has 0 bridgehead atoms. The van der Waals surface area contributed by atoms with E-state index in [1.54, 1.807) is 59.1 Å². The molecule has 0 aliphatic carbocycles. The minimum Gasteiger partial charge on any atom is -0.421 e. The number of pyridine rings is 1. The summed E-state index contributed by atoms with van der Waals surface area (Å²) >= 11 is 0. The van der Waals surface area contributed by atoms with Gasteiger partial charge >= 0.3 is 5.97 Å². The van der Waals surface area contributed by atoms with Crippen LogP contribution >= 0.6 is 0 Å². The minimum absolute atomic E-state index is 0.0402. The predicted octanol–water partition coefficient (Wildman–Crippen LogP) is 3.36. The van der Waals surface area contributed by atoms with Gasteiger partial charge in [0.2, 0.25) is 0 Å². The molecule has 0 saturated heterocycles. The standard InChI is InChI=1S/C17H13NO3/c1-12(19)14-9-10-15-16(8-5-11-18(14)15)21-17(20)13-6-3-2-4-7-13/h2-11H,1H3. The van der Waals surface area contributed by atoms with Gasteiger partial charge in [-0.05, 0) is 36.4 Å². The molecule has 0 unspecified atom stereocenters. The maximum Gasteiger partial charge on any atom is 0.343 e. The Morgan fingerprint density at radius 3 is 2.43 bits per heavy atom. The Morgan fingerprint density at radius 2 is 1.71 bits per heavy atom. The van der Waals surface area contributed by atoms with Crippen molar-refractivity contribution in [1.29, 1.82) is 0 Å². The van der Waals surface area contributed by atoms with Crippen molar-refractivity contribution < 1.29 is 14.3 Å². The Kier molecular flexibility index (Phi) is 3.28. The van der Waals surface area contributed by atoms with E-state index < -0.39 is 5.97 Å². The smallest absolute Gasteiger partial charge is 0.343 e. The summed E-state index contributed by atoms with van der Waals surface area (Å²) in [5.74, 6) is -0.0327. The summed E-state index contributed by atoms with van der Waals surface area (Å²) < 4.78 is 7.15. The van der Waals surface area contributed by atoms with Crippen molar-refractivity contribution >= 4 is 17.3 Å². The van der Waals surface area contributed by atoms with E-state index in [0.29, 0.717) is 22.5 Å². The van der Waals surface area contributed by atoms with E-state index in [1.165, 1.54) is 6.92 Å². The summed E-state index contributed by atoms with van der Waals surface area (Å²) in [6.45, 7) is 1.50. The van der Waals surface area contributed by atoms with Crippen LogP contribution < -0.4 is 4.74 Å². The molecule has 0 N–H and O–H groups in total. The van der Waals surface area contributed by atoms with Gasteiger partial charge in [0.05, 0.1) is 16.8 Å². The number of Topliss-reactive ketones (excluding diaryl/α,β-unsaturated/α-hetero) is 1. The normalized spacial score (nSPS) is 10.5. The van der Waals surface area contributed by atoms with Crippen LogP contribution in [0.2, 0.25) is 0 Å². The van der Waals surface area contributed by atoms with Gasteiger partial charge in [0.25, 0.3) is 0 Å². The number of hydrogen-bond donors (Lipinski definition) is 0. The van der Waals surface area contributed by atoms with Gasteiger partial charge in [-0.15, -0.1) is 0 Å². The number of hydrogen-bond acceptors (Lipinski definition) is 3. The summed E-state index contributed by atoms with van der Waals surface area (Å²) in [4.78, 5) is 23.6. The molecular weight excluding hydrogens is 266 g/mol. The van der Waals surface area contributed by atoms with Crippen LogP contribution in [0.5, 0.6) is 5.75 Å². The van der Waals surface area contributed by atoms with Gasteiger partial charge < -0.3 is 9.14 Å². The third kappa shape index (κ3) is 2.43. The quantitative estimate of drug-likeness (QED) is 0.545. The van der Waals surface area contributed by atoms with Gasteiger partial charge in [-0.25, -0.2) is 4.79 Å². The van der Waals surface area contributed by atoms with E-state index >= 15 is 0 Å². The second kappa shape index (κ2) is 5.25. The minimum atomic E-state index is -0.422. The first-order chi connectivity index (χ1) is 10.2. The number of fused-ring (bicyclic) bond motifs is 1. The molecule has 3 aromatic rings. The monoisotopic (exact) mass is 279 g/mol. The van der Waals surface area contributed by atoms with Crippen LogP contribution in [0, 0.1) is 0 Å². The first kappa shape index (κ1) is 13.1. The number of aromatic nitrogens is 1. The summed E-state index contributed by atoms with van der Waals surface area (Å²) in [6, 6.07) is 15.7. The summed E-state index contributed by atoms with van der Waals surface area (Å²) in [6.07, 6.45) is 1.77. The second-order valence-corrected chi connectivity index (χ2v) is 4.66. The van der Waals surface area contributed by atoms with Crippen LogP contribution in [0.25, 0.3) is 5.52 Å². The molecule has 4 nitrogen and oxygen atoms in total. The molecule has 0 radical (unpaired) electrons. The highest BCUT2D eigenvalue weighted by molar-refractivity contribution is 5.95. The average Bonchev–Trinajstić information content (AvgIpc) is 2.93. The van der Waals surface area contributed by atoms with Crippen molar-refractivity contribution in [1.82, 2.24) is 4.40 Å². The largest absolute Gasteiger partial charge is 0.421 e. The highest BCUT2D eigenvalue weighted by atomic mass is 16.5. The highest BCUT2D eigenvalue weighted by Crippen LogP contribution is 2.23. The Bertz CT molecular complexity index is 818. The number of nitrogens with zero attached hydrogens (tertiary/aromatic N) is 1. The van der Waals surface area contributed by atoms with Crippen LogP contribution in [0.3, 0.4) is 0 Å². The topological polar surface area (TPSA) is 47.8 Å². The Balaban J connectivity index is 1.98. The van der Waals surface area contributed by atoms with Crippen molar-refractivity contribution in [3.8, 4) is 5.75 Å². The number of carbonyl (C=O) groups is 2. The van der Waals surface area contributed by atoms with Crippen molar-refractivity contribution in [3.63, 3.8) is 0 Å². The molecule has 0 atom stereocenters. The van der Waals surface area contributed by atoms with Crippen LogP contribution in [-0.4, -0.2) is 16.2 Å². The number of rotatable bonds is 3. The third-order valence-corrected chi connectivity index (χ3v) is 3.23. The van der Waals surface area contributed by atoms with E-state index in [4.69, 9.17) is 4.74 Å². The van der Waals surface area contributed by atoms with E-state index in [9.17, 15) is 9.59 Å². The van der Waals surface area contributed by atoms with Gasteiger partial charge in [-0.3, -0.25) is 4.79 Å². The number of carbonyl (C=O) groups excluding carboxylic acids is 2. The molecule has 0 saturated carbocycles. The fraction of sp³-hybridized carbons (Fsp3) is 0.0588. The number of ether oxygens (including phenoxy) is 1. The maximum atomic E-state index is 12.1. The zero-order valence-corrected chi connectivity index (χ0v) is 11.4. The third-order valence-electron chi connectivity index (χ3n) is 3.23. The fourth-order valence-corrected chi connectivity index (χ4v) is 2.22. The van der Waals surface area contributed by atoms with Crippen LogP contribution in [0.1, 0.15) is 27.8 Å². The van der Waals surface area contributed by atoms with E-state index in [1.807, 2.05) is 6.07 Å². The number of esters is 1. The zero-order valence-electron chi connectivity index (χ0n) is 11.4. The zero-order chi connectivity index (χ0) is 14.8. The van der Waals surface area contributed by atoms with Crippen molar-refractivity contribution in [3.05, 3.63) is 72.1 Å². The SMILES string of the molecule is CC(=O)c1ccc2c(OC(=O)c3ccccc3)cccn12. The molecule has 3 rings (SSSR count). The summed E-state index contributed by atoms with van der Waals surface area (Å²) in [7, 11) is 0. The van der Waals surface area contributed by atoms with Gasteiger partial charge in [0, 0.05) is 13.1 Å². The van der Waals surface area contributed by atoms with Gasteiger partial charge in [0.15, 0.2) is 11.5 Å². The van der Waals surface area contributed by atoms with Crippen molar-refractivity contribution in [2.75, 3.05) is 0 Å². The Hall–Kier alpha value is -2.88. The van der Waals surface area contributed by atoms with E-state index in [2.05, 4.69) is 0 Å². The van der Waals surface area contributed by atoms with Crippen LogP contribution in [0.4, 0.5) is 0 Å². The second-order valence-electron chi connectivity index (χ2n) is 4.66. The molecule has 0 amide bonds. The molecule has 0 aliphatic heterocycles. The molecule has 104 valence electrons. The predicted molar refractivity (Wildman–Crippen MR) is 78.8 cm³/mol. The average molecular weight is 279 g/mol. The van der Waals surface area contributed by atoms with Crippen molar-refractivity contribution in [2.45, 2.75) is 6.92 Å². The maximum absolute atomic E-state index is 12.1. The van der Waals surface area contributed by atoms with Gasteiger partial charge in [-0.1, -0.05) is 18.2 Å². The molecule has 2 aromatic heterocycles. The molecule has 21 heavy (non-hydrogen) atoms. The first-order valence-electron chi connectivity index (χ1n) is 6.55. The fourth-order valence-electron chi connectivity index (χ4n) is 2.22. The Labute approximate surface area is 121 Å². The lowest BCUT2D eigenvalue weighted by Gasteiger charge is -2.07. The van der Waals surface area contributed by atoms with E-state index in [0.717, 1.165) is 0 Å². The molecule has 4 heteroatoms. The summed E-state index contributed by atoms with van der Waals surface area (Å²) in [5, 5.41) is 0. The Morgan fingerprint density at radius 1 is 0.952 bits per heavy atom. The lowest BCUT2D eigenvalue weighted by atomic mass is 10.2. The molecule has 2 heterocycles. The first-order valence-corrected chi connectivity index (χ1v) is 6.55. The molecule has 0 fully saturated rings. The lowest BCUT2D eigenvalue weighted by molar-refractivity contribution is 0.0736. The summed E-state index contributed by atoms with van der Waals surface area (Å²) in [5.41, 5.74) is 1.73. The number of ketones is 1. The molecule has 0 spiro atoms. The van der Waals surface area contributed by atoms with E-state index in [-0.39, 0.29) is 5.78 Å². The van der Waals surface area contributed by atoms with Crippen LogP contribution in [-0.2, 0) is 0 Å². The number of benzene rings is 1. The highest BCUT2D eigenvalue weighted by Gasteiger charge is 2.13. The van der Waals surface area contributed by atoms with Crippen LogP contribution in [0.15, 0.2) is 60.8 Å². The molecular formula is C17H13NO3. The van der Waals surface area contributed by atoms with Crippen molar-refractivity contribution in [2.24, 2.45) is 0 Å².